The highest BCUT2D eigenvalue weighted by atomic mass is 35.5. The van der Waals surface area contributed by atoms with Gasteiger partial charge in [-0.25, -0.2) is 0 Å². The Kier molecular flexibility index (Phi) is 5.88. The second kappa shape index (κ2) is 7.66. The van der Waals surface area contributed by atoms with Crippen molar-refractivity contribution in [3.05, 3.63) is 34.9 Å². The lowest BCUT2D eigenvalue weighted by atomic mass is 9.96. The molecule has 3 N–H and O–H groups in total. The molecule has 0 spiro atoms. The molecule has 1 aromatic carbocycles. The first kappa shape index (κ1) is 16.1. The van der Waals surface area contributed by atoms with Gasteiger partial charge in [0.25, 0.3) is 0 Å². The summed E-state index contributed by atoms with van der Waals surface area (Å²) in [6.07, 6.45) is 3.23. The van der Waals surface area contributed by atoms with Crippen LogP contribution in [0.1, 0.15) is 31.7 Å². The second-order valence-electron chi connectivity index (χ2n) is 5.47. The Morgan fingerprint density at radius 1 is 1.48 bits per heavy atom. The van der Waals surface area contributed by atoms with E-state index in [1.165, 1.54) is 5.56 Å². The number of hydrogen-bond donors (Lipinski definition) is 2. The molecular formula is C16H24ClN3O. The average molecular weight is 310 g/mol. The fourth-order valence-electron chi connectivity index (χ4n) is 2.33. The molecule has 1 aliphatic carbocycles. The van der Waals surface area contributed by atoms with E-state index < -0.39 is 0 Å². The van der Waals surface area contributed by atoms with Crippen molar-refractivity contribution in [2.45, 2.75) is 31.6 Å². The van der Waals surface area contributed by atoms with E-state index in [2.05, 4.69) is 16.4 Å². The maximum Gasteiger partial charge on any atom is 0.188 e. The molecule has 0 heterocycles. The third-order valence-corrected chi connectivity index (χ3v) is 4.05. The first-order valence-corrected chi connectivity index (χ1v) is 7.92. The molecular weight excluding hydrogens is 286 g/mol. The summed E-state index contributed by atoms with van der Waals surface area (Å²) in [5, 5.41) is 3.91. The van der Waals surface area contributed by atoms with Crippen LogP contribution < -0.4 is 11.1 Å². The third-order valence-electron chi connectivity index (χ3n) is 3.82. The minimum atomic E-state index is 0.141. The highest BCUT2D eigenvalue weighted by Gasteiger charge is 2.44. The second-order valence-corrected chi connectivity index (χ2v) is 5.91. The Bertz CT molecular complexity index is 486. The smallest absolute Gasteiger partial charge is 0.188 e. The molecule has 0 amide bonds. The van der Waals surface area contributed by atoms with Gasteiger partial charge >= 0.3 is 0 Å². The zero-order chi connectivity index (χ0) is 15.1. The Morgan fingerprint density at radius 2 is 2.29 bits per heavy atom. The van der Waals surface area contributed by atoms with Crippen LogP contribution in [0.15, 0.2) is 29.3 Å². The molecule has 1 fully saturated rings. The molecule has 0 atom stereocenters. The Hall–Kier alpha value is -1.26. The van der Waals surface area contributed by atoms with Crippen molar-refractivity contribution in [3.63, 3.8) is 0 Å². The van der Waals surface area contributed by atoms with Crippen LogP contribution in [0.4, 0.5) is 0 Å². The lowest BCUT2D eigenvalue weighted by Gasteiger charge is -2.14. The number of benzene rings is 1. The predicted octanol–water partition coefficient (Wildman–Crippen LogP) is 2.70. The van der Waals surface area contributed by atoms with Crippen LogP contribution >= 0.6 is 11.6 Å². The summed E-state index contributed by atoms with van der Waals surface area (Å²) in [5.74, 6) is 0.514. The number of nitrogens with zero attached hydrogens (tertiary/aromatic N) is 1. The van der Waals surface area contributed by atoms with Gasteiger partial charge in [-0.1, -0.05) is 23.7 Å². The molecule has 0 unspecified atom stereocenters. The van der Waals surface area contributed by atoms with E-state index in [4.69, 9.17) is 22.1 Å². The van der Waals surface area contributed by atoms with Gasteiger partial charge in [-0.05, 0) is 43.9 Å². The van der Waals surface area contributed by atoms with Crippen molar-refractivity contribution in [1.29, 1.82) is 0 Å². The van der Waals surface area contributed by atoms with E-state index in [1.54, 1.807) is 0 Å². The summed E-state index contributed by atoms with van der Waals surface area (Å²) in [6.45, 7) is 5.01. The van der Waals surface area contributed by atoms with Gasteiger partial charge in [-0.2, -0.15) is 0 Å². The molecule has 21 heavy (non-hydrogen) atoms. The molecule has 0 saturated heterocycles. The number of rotatable bonds is 8. The van der Waals surface area contributed by atoms with Gasteiger partial charge < -0.3 is 15.8 Å². The molecule has 0 radical (unpaired) electrons. The van der Waals surface area contributed by atoms with Crippen molar-refractivity contribution >= 4 is 17.6 Å². The maximum atomic E-state index is 6.07. The van der Waals surface area contributed by atoms with Gasteiger partial charge in [0.05, 0.1) is 6.54 Å². The number of nitrogens with two attached hydrogens (primary N) is 1. The molecule has 116 valence electrons. The van der Waals surface area contributed by atoms with E-state index in [0.717, 1.165) is 50.6 Å². The van der Waals surface area contributed by atoms with Crippen molar-refractivity contribution in [3.8, 4) is 0 Å². The molecule has 2 rings (SSSR count). The number of ether oxygens (including phenoxy) is 1. The maximum absolute atomic E-state index is 6.07. The van der Waals surface area contributed by atoms with Crippen LogP contribution in [0.5, 0.6) is 0 Å². The standard InChI is InChI=1S/C16H24ClN3O/c1-2-21-10-4-9-19-15(18)20-12-16(7-8-16)13-5-3-6-14(17)11-13/h3,5-6,11H,2,4,7-10,12H2,1H3,(H3,18,19,20). The van der Waals surface area contributed by atoms with Crippen molar-refractivity contribution in [2.24, 2.45) is 10.7 Å². The summed E-state index contributed by atoms with van der Waals surface area (Å²) >= 11 is 6.07. The number of aliphatic imine (C=N–C) groups is 1. The molecule has 0 aromatic heterocycles. The number of halogens is 1. The van der Waals surface area contributed by atoms with Gasteiger partial charge in [0.1, 0.15) is 0 Å². The Labute approximate surface area is 131 Å². The first-order valence-electron chi connectivity index (χ1n) is 7.54. The van der Waals surface area contributed by atoms with E-state index in [9.17, 15) is 0 Å². The molecule has 0 bridgehead atoms. The van der Waals surface area contributed by atoms with E-state index in [-0.39, 0.29) is 5.41 Å². The quantitative estimate of drug-likeness (QED) is 0.441. The molecule has 4 nitrogen and oxygen atoms in total. The minimum Gasteiger partial charge on any atom is -0.382 e. The van der Waals surface area contributed by atoms with E-state index in [1.807, 2.05) is 25.1 Å². The van der Waals surface area contributed by atoms with Gasteiger partial charge in [0.15, 0.2) is 5.96 Å². The molecule has 0 aliphatic heterocycles. The predicted molar refractivity (Wildman–Crippen MR) is 88.0 cm³/mol. The highest BCUT2D eigenvalue weighted by molar-refractivity contribution is 6.30. The number of nitrogens with one attached hydrogen (secondary N) is 1. The summed E-state index contributed by atoms with van der Waals surface area (Å²) in [7, 11) is 0. The summed E-state index contributed by atoms with van der Waals surface area (Å²) in [5.41, 5.74) is 7.31. The largest absolute Gasteiger partial charge is 0.382 e. The monoisotopic (exact) mass is 309 g/mol. The molecule has 1 aliphatic rings. The first-order chi connectivity index (χ1) is 10.2. The molecule has 5 heteroatoms. The lowest BCUT2D eigenvalue weighted by molar-refractivity contribution is 0.145. The van der Waals surface area contributed by atoms with Crippen LogP contribution in [0.25, 0.3) is 0 Å². The van der Waals surface area contributed by atoms with Crippen molar-refractivity contribution < 1.29 is 4.74 Å². The fourth-order valence-corrected chi connectivity index (χ4v) is 2.53. The van der Waals surface area contributed by atoms with Crippen LogP contribution in [0, 0.1) is 0 Å². The van der Waals surface area contributed by atoms with Gasteiger partial charge in [0, 0.05) is 30.2 Å². The summed E-state index contributed by atoms with van der Waals surface area (Å²) in [6, 6.07) is 8.06. The zero-order valence-electron chi connectivity index (χ0n) is 12.6. The van der Waals surface area contributed by atoms with Gasteiger partial charge in [-0.15, -0.1) is 0 Å². The van der Waals surface area contributed by atoms with E-state index >= 15 is 0 Å². The minimum absolute atomic E-state index is 0.141. The lowest BCUT2D eigenvalue weighted by Crippen LogP contribution is -2.33. The van der Waals surface area contributed by atoms with Gasteiger partial charge in [0.2, 0.25) is 0 Å². The van der Waals surface area contributed by atoms with Crippen LogP contribution in [0.3, 0.4) is 0 Å². The summed E-state index contributed by atoms with van der Waals surface area (Å²) in [4.78, 5) is 4.48. The fraction of sp³-hybridized carbons (Fsp3) is 0.562. The third kappa shape index (κ3) is 4.90. The van der Waals surface area contributed by atoms with Crippen LogP contribution in [-0.2, 0) is 10.2 Å². The average Bonchev–Trinajstić information content (AvgIpc) is 3.26. The van der Waals surface area contributed by atoms with Gasteiger partial charge in [-0.3, -0.25) is 4.99 Å². The normalized spacial score (nSPS) is 16.8. The SMILES string of the molecule is CCOCCCNC(N)=NCC1(c2cccc(Cl)c2)CC1. The van der Waals surface area contributed by atoms with Crippen LogP contribution in [0.2, 0.25) is 5.02 Å². The van der Waals surface area contributed by atoms with Crippen LogP contribution in [-0.4, -0.2) is 32.3 Å². The van der Waals surface area contributed by atoms with E-state index in [0.29, 0.717) is 5.96 Å². The molecule has 1 aromatic rings. The zero-order valence-corrected chi connectivity index (χ0v) is 13.3. The number of guanidine groups is 1. The highest BCUT2D eigenvalue weighted by Crippen LogP contribution is 2.48. The Balaban J connectivity index is 1.80. The van der Waals surface area contributed by atoms with Crippen molar-refractivity contribution in [2.75, 3.05) is 26.3 Å². The Morgan fingerprint density at radius 3 is 2.95 bits per heavy atom. The summed E-state index contributed by atoms with van der Waals surface area (Å²) < 4.78 is 5.28. The topological polar surface area (TPSA) is 59.6 Å². The molecule has 1 saturated carbocycles. The van der Waals surface area contributed by atoms with Crippen molar-refractivity contribution in [1.82, 2.24) is 5.32 Å². The number of hydrogen-bond acceptors (Lipinski definition) is 2.